The lowest BCUT2D eigenvalue weighted by molar-refractivity contribution is 0.306. The first-order valence-corrected chi connectivity index (χ1v) is 7.41. The number of hydrogen-bond acceptors (Lipinski definition) is 3. The Labute approximate surface area is 137 Å². The van der Waals surface area contributed by atoms with Gasteiger partial charge in [0.15, 0.2) is 0 Å². The van der Waals surface area contributed by atoms with Crippen molar-refractivity contribution in [2.45, 2.75) is 13.5 Å². The van der Waals surface area contributed by atoms with E-state index in [1.807, 2.05) is 30.3 Å². The number of hydrogen-bond donors (Lipinski definition) is 0. The molecular formula is C17H12Cl2O3. The van der Waals surface area contributed by atoms with Gasteiger partial charge in [0.25, 0.3) is 0 Å². The molecule has 0 aliphatic carbocycles. The molecular weight excluding hydrogens is 323 g/mol. The number of benzene rings is 2. The van der Waals surface area contributed by atoms with Crippen LogP contribution in [0.25, 0.3) is 11.0 Å². The summed E-state index contributed by atoms with van der Waals surface area (Å²) in [5.41, 5.74) is 1.50. The summed E-state index contributed by atoms with van der Waals surface area (Å²) in [4.78, 5) is 11.7. The van der Waals surface area contributed by atoms with Crippen LogP contribution in [0, 0.1) is 6.92 Å². The van der Waals surface area contributed by atoms with Crippen LogP contribution in [0.4, 0.5) is 0 Å². The molecule has 0 saturated carbocycles. The fourth-order valence-electron chi connectivity index (χ4n) is 2.17. The van der Waals surface area contributed by atoms with Gasteiger partial charge in [0.1, 0.15) is 23.0 Å². The van der Waals surface area contributed by atoms with Gasteiger partial charge in [-0.05, 0) is 24.1 Å². The molecule has 5 heteroatoms. The first kappa shape index (κ1) is 14.9. The van der Waals surface area contributed by atoms with Crippen LogP contribution >= 0.6 is 23.2 Å². The van der Waals surface area contributed by atoms with E-state index in [1.54, 1.807) is 19.1 Å². The maximum atomic E-state index is 11.7. The average Bonchev–Trinajstić information content (AvgIpc) is 2.53. The molecule has 0 atom stereocenters. The minimum absolute atomic E-state index is 0.0709. The van der Waals surface area contributed by atoms with Crippen LogP contribution in [0.5, 0.6) is 5.75 Å². The molecule has 2 aromatic carbocycles. The highest BCUT2D eigenvalue weighted by atomic mass is 35.5. The van der Waals surface area contributed by atoms with Crippen molar-refractivity contribution in [1.29, 1.82) is 0 Å². The topological polar surface area (TPSA) is 39.4 Å². The summed E-state index contributed by atoms with van der Waals surface area (Å²) in [5, 5.41) is 1.21. The highest BCUT2D eigenvalue weighted by Crippen LogP contribution is 2.33. The molecule has 0 N–H and O–H groups in total. The second kappa shape index (κ2) is 6.03. The quantitative estimate of drug-likeness (QED) is 0.633. The summed E-state index contributed by atoms with van der Waals surface area (Å²) in [5.74, 6) is 0.461. The minimum atomic E-state index is -0.567. The van der Waals surface area contributed by atoms with E-state index in [9.17, 15) is 4.79 Å². The highest BCUT2D eigenvalue weighted by molar-refractivity contribution is 6.33. The molecule has 3 nitrogen and oxygen atoms in total. The summed E-state index contributed by atoms with van der Waals surface area (Å²) < 4.78 is 10.9. The molecule has 3 rings (SSSR count). The van der Waals surface area contributed by atoms with Crippen molar-refractivity contribution in [2.24, 2.45) is 0 Å². The standard InChI is InChI=1S/C17H12Cl2O3/c1-10-12-7-13(18)15(8-14(12)22-17(20)16(10)19)21-9-11-5-3-2-4-6-11/h2-8H,9H2,1H3. The Hall–Kier alpha value is -1.97. The first-order valence-electron chi connectivity index (χ1n) is 6.65. The molecule has 0 aliphatic heterocycles. The molecule has 0 amide bonds. The predicted molar refractivity (Wildman–Crippen MR) is 88.0 cm³/mol. The largest absolute Gasteiger partial charge is 0.487 e. The number of fused-ring (bicyclic) bond motifs is 1. The second-order valence-electron chi connectivity index (χ2n) is 4.88. The molecule has 112 valence electrons. The van der Waals surface area contributed by atoms with E-state index in [0.717, 1.165) is 5.56 Å². The van der Waals surface area contributed by atoms with Crippen LogP contribution in [0.1, 0.15) is 11.1 Å². The fourth-order valence-corrected chi connectivity index (χ4v) is 2.53. The van der Waals surface area contributed by atoms with Crippen molar-refractivity contribution in [3.8, 4) is 5.75 Å². The zero-order valence-corrected chi connectivity index (χ0v) is 13.2. The highest BCUT2D eigenvalue weighted by Gasteiger charge is 2.13. The third-order valence-electron chi connectivity index (χ3n) is 3.39. The summed E-state index contributed by atoms with van der Waals surface area (Å²) >= 11 is 12.2. The maximum Gasteiger partial charge on any atom is 0.355 e. The molecule has 0 unspecified atom stereocenters. The number of rotatable bonds is 3. The molecule has 1 aromatic heterocycles. The molecule has 0 aliphatic rings. The Morgan fingerprint density at radius 2 is 1.86 bits per heavy atom. The molecule has 22 heavy (non-hydrogen) atoms. The zero-order valence-electron chi connectivity index (χ0n) is 11.7. The molecule has 0 fully saturated rings. The monoisotopic (exact) mass is 334 g/mol. The van der Waals surface area contributed by atoms with Gasteiger partial charge in [-0.3, -0.25) is 0 Å². The normalized spacial score (nSPS) is 10.9. The Bertz CT molecular complexity index is 886. The third-order valence-corrected chi connectivity index (χ3v) is 4.12. The van der Waals surface area contributed by atoms with Crippen molar-refractivity contribution in [2.75, 3.05) is 0 Å². The number of aryl methyl sites for hydroxylation is 1. The molecule has 0 radical (unpaired) electrons. The fraction of sp³-hybridized carbons (Fsp3) is 0.118. The third kappa shape index (κ3) is 2.82. The Kier molecular flexibility index (Phi) is 4.10. The van der Waals surface area contributed by atoms with E-state index < -0.39 is 5.63 Å². The summed E-state index contributed by atoms with van der Waals surface area (Å²) in [6.45, 7) is 2.13. The SMILES string of the molecule is Cc1c(Cl)c(=O)oc2cc(OCc3ccccc3)c(Cl)cc12. The van der Waals surface area contributed by atoms with Gasteiger partial charge < -0.3 is 9.15 Å². The van der Waals surface area contributed by atoms with E-state index in [4.69, 9.17) is 32.4 Å². The molecule has 0 bridgehead atoms. The van der Waals surface area contributed by atoms with Gasteiger partial charge in [-0.1, -0.05) is 53.5 Å². The van der Waals surface area contributed by atoms with Gasteiger partial charge in [-0.2, -0.15) is 0 Å². The van der Waals surface area contributed by atoms with Gasteiger partial charge in [-0.25, -0.2) is 4.79 Å². The molecule has 3 aromatic rings. The first-order chi connectivity index (χ1) is 10.6. The number of ether oxygens (including phenoxy) is 1. The number of halogens is 2. The van der Waals surface area contributed by atoms with Crippen LogP contribution < -0.4 is 10.4 Å². The van der Waals surface area contributed by atoms with Crippen molar-refractivity contribution in [1.82, 2.24) is 0 Å². The lowest BCUT2D eigenvalue weighted by atomic mass is 10.1. The second-order valence-corrected chi connectivity index (χ2v) is 5.67. The Balaban J connectivity index is 1.99. The average molecular weight is 335 g/mol. The molecule has 0 saturated heterocycles. The zero-order chi connectivity index (χ0) is 15.7. The summed E-state index contributed by atoms with van der Waals surface area (Å²) in [7, 11) is 0. The van der Waals surface area contributed by atoms with E-state index in [0.29, 0.717) is 33.9 Å². The molecule has 0 spiro atoms. The summed E-state index contributed by atoms with van der Waals surface area (Å²) in [6, 6.07) is 13.0. The van der Waals surface area contributed by atoms with Gasteiger partial charge >= 0.3 is 5.63 Å². The van der Waals surface area contributed by atoms with Crippen molar-refractivity contribution >= 4 is 34.2 Å². The van der Waals surface area contributed by atoms with Crippen LogP contribution in [-0.2, 0) is 6.61 Å². The van der Waals surface area contributed by atoms with Crippen molar-refractivity contribution in [3.05, 3.63) is 74.1 Å². The van der Waals surface area contributed by atoms with Crippen LogP contribution in [0.15, 0.2) is 51.7 Å². The lowest BCUT2D eigenvalue weighted by Gasteiger charge is -2.10. The Morgan fingerprint density at radius 3 is 2.59 bits per heavy atom. The minimum Gasteiger partial charge on any atom is -0.487 e. The summed E-state index contributed by atoms with van der Waals surface area (Å²) in [6.07, 6.45) is 0. The van der Waals surface area contributed by atoms with E-state index in [1.165, 1.54) is 0 Å². The maximum absolute atomic E-state index is 11.7. The van der Waals surface area contributed by atoms with Gasteiger partial charge in [0.05, 0.1) is 5.02 Å². The van der Waals surface area contributed by atoms with E-state index >= 15 is 0 Å². The van der Waals surface area contributed by atoms with Gasteiger partial charge in [0, 0.05) is 11.5 Å². The van der Waals surface area contributed by atoms with Crippen LogP contribution in [0.3, 0.4) is 0 Å². The van der Waals surface area contributed by atoms with Crippen molar-refractivity contribution in [3.63, 3.8) is 0 Å². The van der Waals surface area contributed by atoms with Gasteiger partial charge in [-0.15, -0.1) is 0 Å². The van der Waals surface area contributed by atoms with E-state index in [2.05, 4.69) is 0 Å². The molecule has 1 heterocycles. The Morgan fingerprint density at radius 1 is 1.14 bits per heavy atom. The predicted octanol–water partition coefficient (Wildman–Crippen LogP) is 4.99. The smallest absolute Gasteiger partial charge is 0.355 e. The van der Waals surface area contributed by atoms with Crippen molar-refractivity contribution < 1.29 is 9.15 Å². The van der Waals surface area contributed by atoms with E-state index in [-0.39, 0.29) is 5.02 Å². The van der Waals surface area contributed by atoms with Crippen LogP contribution in [0.2, 0.25) is 10.0 Å². The van der Waals surface area contributed by atoms with Crippen LogP contribution in [-0.4, -0.2) is 0 Å². The van der Waals surface area contributed by atoms with Gasteiger partial charge in [0.2, 0.25) is 0 Å². The lowest BCUT2D eigenvalue weighted by Crippen LogP contribution is -2.02.